The highest BCUT2D eigenvalue weighted by Crippen LogP contribution is 2.17. The van der Waals surface area contributed by atoms with Gasteiger partial charge in [-0.25, -0.2) is 4.68 Å². The number of nitrogens with two attached hydrogens (primary N) is 1. The number of hydrogen-bond donors (Lipinski definition) is 2. The molecule has 1 aromatic rings. The number of aromatic nitrogens is 3. The highest BCUT2D eigenvalue weighted by atomic mass is 16.5. The largest absolute Gasteiger partial charge is 0.379 e. The van der Waals surface area contributed by atoms with E-state index < -0.39 is 0 Å². The first-order valence-electron chi connectivity index (χ1n) is 5.75. The quantitative estimate of drug-likeness (QED) is 0.717. The maximum Gasteiger partial charge on any atom is 0.234 e. The van der Waals surface area contributed by atoms with Crippen LogP contribution in [0.3, 0.4) is 0 Å². The summed E-state index contributed by atoms with van der Waals surface area (Å²) in [5, 5.41) is 10.7. The minimum atomic E-state index is -0.194. The number of ether oxygens (including phenoxy) is 1. The van der Waals surface area contributed by atoms with Gasteiger partial charge >= 0.3 is 0 Å². The Morgan fingerprint density at radius 1 is 1.71 bits per heavy atom. The lowest BCUT2D eigenvalue weighted by atomic mass is 10.1. The standard InChI is InChI=1S/C10H17N5O2/c11-4-10(16)12-5-8-6-15(14-13-8)9-2-1-3-17-7-9/h6,9H,1-5,7,11H2,(H,12,16). The second-order valence-corrected chi connectivity index (χ2v) is 4.04. The van der Waals surface area contributed by atoms with Crippen LogP contribution in [-0.4, -0.2) is 40.7 Å². The molecule has 7 nitrogen and oxygen atoms in total. The topological polar surface area (TPSA) is 95.1 Å². The molecule has 1 aromatic heterocycles. The van der Waals surface area contributed by atoms with Crippen LogP contribution in [0.5, 0.6) is 0 Å². The molecule has 2 rings (SSSR count). The summed E-state index contributed by atoms with van der Waals surface area (Å²) in [6, 6.07) is 0.259. The monoisotopic (exact) mass is 239 g/mol. The van der Waals surface area contributed by atoms with E-state index in [0.717, 1.165) is 25.1 Å². The van der Waals surface area contributed by atoms with Crippen LogP contribution in [0.1, 0.15) is 24.6 Å². The molecular formula is C10H17N5O2. The van der Waals surface area contributed by atoms with Crippen molar-refractivity contribution in [2.45, 2.75) is 25.4 Å². The summed E-state index contributed by atoms with van der Waals surface area (Å²) < 4.78 is 7.20. The van der Waals surface area contributed by atoms with E-state index in [2.05, 4.69) is 15.6 Å². The normalized spacial score (nSPS) is 20.2. The first-order valence-corrected chi connectivity index (χ1v) is 5.75. The molecule has 94 valence electrons. The summed E-state index contributed by atoms with van der Waals surface area (Å²) in [4.78, 5) is 11.0. The Morgan fingerprint density at radius 2 is 2.59 bits per heavy atom. The van der Waals surface area contributed by atoms with Gasteiger partial charge in [-0.05, 0) is 12.8 Å². The predicted molar refractivity (Wildman–Crippen MR) is 60.0 cm³/mol. The van der Waals surface area contributed by atoms with Crippen LogP contribution < -0.4 is 11.1 Å². The number of rotatable bonds is 4. The van der Waals surface area contributed by atoms with Crippen LogP contribution in [0.25, 0.3) is 0 Å². The van der Waals surface area contributed by atoms with Crippen molar-refractivity contribution in [1.29, 1.82) is 0 Å². The highest BCUT2D eigenvalue weighted by Gasteiger charge is 2.17. The summed E-state index contributed by atoms with van der Waals surface area (Å²) in [6.45, 7) is 1.86. The fourth-order valence-electron chi connectivity index (χ4n) is 1.77. The van der Waals surface area contributed by atoms with E-state index >= 15 is 0 Å². The first kappa shape index (κ1) is 12.0. The molecule has 17 heavy (non-hydrogen) atoms. The molecule has 0 aromatic carbocycles. The summed E-state index contributed by atoms with van der Waals surface area (Å²) >= 11 is 0. The van der Waals surface area contributed by atoms with Crippen molar-refractivity contribution < 1.29 is 9.53 Å². The van der Waals surface area contributed by atoms with Gasteiger partial charge in [-0.1, -0.05) is 5.21 Å². The second-order valence-electron chi connectivity index (χ2n) is 4.04. The van der Waals surface area contributed by atoms with Crippen LogP contribution in [0.15, 0.2) is 6.20 Å². The van der Waals surface area contributed by atoms with Gasteiger partial charge in [-0.15, -0.1) is 5.10 Å². The van der Waals surface area contributed by atoms with Crippen molar-refractivity contribution in [1.82, 2.24) is 20.3 Å². The minimum absolute atomic E-state index is 0.00932. The number of nitrogens with one attached hydrogen (secondary N) is 1. The molecule has 1 atom stereocenters. The van der Waals surface area contributed by atoms with Gasteiger partial charge in [0.25, 0.3) is 0 Å². The van der Waals surface area contributed by atoms with Gasteiger partial charge in [-0.3, -0.25) is 4.79 Å². The Bertz CT molecular complexity index is 373. The molecule has 3 N–H and O–H groups in total. The van der Waals surface area contributed by atoms with E-state index in [0.29, 0.717) is 13.2 Å². The molecule has 0 saturated carbocycles. The van der Waals surface area contributed by atoms with Crippen molar-refractivity contribution in [3.05, 3.63) is 11.9 Å². The van der Waals surface area contributed by atoms with Gasteiger partial charge in [0.2, 0.25) is 5.91 Å². The zero-order valence-electron chi connectivity index (χ0n) is 9.63. The van der Waals surface area contributed by atoms with Crippen molar-refractivity contribution in [3.63, 3.8) is 0 Å². The van der Waals surface area contributed by atoms with Crippen molar-refractivity contribution in [2.75, 3.05) is 19.8 Å². The Kier molecular flexibility index (Phi) is 4.05. The third-order valence-corrected chi connectivity index (χ3v) is 2.72. The van der Waals surface area contributed by atoms with E-state index in [1.54, 1.807) is 0 Å². The maximum absolute atomic E-state index is 11.0. The zero-order valence-corrected chi connectivity index (χ0v) is 9.63. The van der Waals surface area contributed by atoms with Crippen molar-refractivity contribution in [2.24, 2.45) is 5.73 Å². The lowest BCUT2D eigenvalue weighted by Crippen LogP contribution is -2.29. The third-order valence-electron chi connectivity index (χ3n) is 2.72. The Hall–Kier alpha value is -1.47. The Balaban J connectivity index is 1.88. The summed E-state index contributed by atoms with van der Waals surface area (Å²) in [5.74, 6) is -0.194. The van der Waals surface area contributed by atoms with Gasteiger partial charge in [0, 0.05) is 6.61 Å². The molecule has 1 saturated heterocycles. The number of hydrogen-bond acceptors (Lipinski definition) is 5. The van der Waals surface area contributed by atoms with Gasteiger partial charge in [0.1, 0.15) is 5.69 Å². The fraction of sp³-hybridized carbons (Fsp3) is 0.700. The number of carbonyl (C=O) groups excluding carboxylic acids is 1. The van der Waals surface area contributed by atoms with Crippen LogP contribution in [-0.2, 0) is 16.1 Å². The molecule has 2 heterocycles. The molecule has 0 aliphatic carbocycles. The van der Waals surface area contributed by atoms with Crippen LogP contribution in [0.2, 0.25) is 0 Å². The van der Waals surface area contributed by atoms with E-state index in [9.17, 15) is 4.79 Å². The molecule has 0 bridgehead atoms. The van der Waals surface area contributed by atoms with Crippen LogP contribution >= 0.6 is 0 Å². The summed E-state index contributed by atoms with van der Waals surface area (Å²) in [6.07, 6.45) is 3.94. The van der Waals surface area contributed by atoms with Crippen molar-refractivity contribution >= 4 is 5.91 Å². The average Bonchev–Trinajstić information content (AvgIpc) is 2.86. The highest BCUT2D eigenvalue weighted by molar-refractivity contribution is 5.77. The van der Waals surface area contributed by atoms with Gasteiger partial charge in [0.15, 0.2) is 0 Å². The molecule has 1 aliphatic heterocycles. The number of carbonyl (C=O) groups is 1. The Morgan fingerprint density at radius 3 is 3.29 bits per heavy atom. The van der Waals surface area contributed by atoms with E-state index in [1.807, 2.05) is 10.9 Å². The fourth-order valence-corrected chi connectivity index (χ4v) is 1.77. The van der Waals surface area contributed by atoms with Gasteiger partial charge in [0.05, 0.1) is 31.9 Å². The lowest BCUT2D eigenvalue weighted by molar-refractivity contribution is -0.119. The van der Waals surface area contributed by atoms with Crippen LogP contribution in [0.4, 0.5) is 0 Å². The second kappa shape index (κ2) is 5.74. The van der Waals surface area contributed by atoms with E-state index in [1.165, 1.54) is 0 Å². The predicted octanol–water partition coefficient (Wildman–Crippen LogP) is -0.796. The zero-order chi connectivity index (χ0) is 12.1. The lowest BCUT2D eigenvalue weighted by Gasteiger charge is -2.21. The maximum atomic E-state index is 11.0. The van der Waals surface area contributed by atoms with E-state index in [-0.39, 0.29) is 18.5 Å². The number of amides is 1. The minimum Gasteiger partial charge on any atom is -0.379 e. The molecule has 0 spiro atoms. The average molecular weight is 239 g/mol. The number of nitrogens with zero attached hydrogens (tertiary/aromatic N) is 3. The first-order chi connectivity index (χ1) is 8.29. The smallest absolute Gasteiger partial charge is 0.234 e. The van der Waals surface area contributed by atoms with Gasteiger partial charge in [-0.2, -0.15) is 0 Å². The summed E-state index contributed by atoms with van der Waals surface area (Å²) in [7, 11) is 0. The molecular weight excluding hydrogens is 222 g/mol. The molecule has 7 heteroatoms. The molecule has 1 unspecified atom stereocenters. The van der Waals surface area contributed by atoms with Gasteiger partial charge < -0.3 is 15.8 Å². The molecule has 1 aliphatic rings. The molecule has 1 fully saturated rings. The van der Waals surface area contributed by atoms with Crippen molar-refractivity contribution in [3.8, 4) is 0 Å². The Labute approximate surface area is 99.3 Å². The van der Waals surface area contributed by atoms with E-state index in [4.69, 9.17) is 10.5 Å². The summed E-state index contributed by atoms with van der Waals surface area (Å²) in [5.41, 5.74) is 5.92. The molecule has 1 amide bonds. The SMILES string of the molecule is NCC(=O)NCc1cn(C2CCCOC2)nn1. The third kappa shape index (κ3) is 3.24. The molecule has 0 radical (unpaired) electrons. The van der Waals surface area contributed by atoms with Crippen LogP contribution in [0, 0.1) is 0 Å².